The molecule has 2 aromatic rings. The van der Waals surface area contributed by atoms with Crippen LogP contribution in [0.3, 0.4) is 0 Å². The standard InChI is InChI=1S/C21H31N5O3S/c1-2-30(27,28)25-11-9-24(10-12-25)21-17-5-3-4-6-18(17)22-20-15-19(23-26(20)21)16-7-13-29-14-8-16/h15-16H,2-14H2,1H3. The number of aryl methyl sites for hydroxylation is 1. The van der Waals surface area contributed by atoms with Crippen LogP contribution in [-0.2, 0) is 27.6 Å². The van der Waals surface area contributed by atoms with Gasteiger partial charge in [0.15, 0.2) is 5.65 Å². The quantitative estimate of drug-likeness (QED) is 0.734. The molecule has 0 spiro atoms. The Kier molecular flexibility index (Phi) is 5.45. The van der Waals surface area contributed by atoms with E-state index in [0.29, 0.717) is 32.1 Å². The van der Waals surface area contributed by atoms with E-state index in [-0.39, 0.29) is 5.75 Å². The molecular formula is C21H31N5O3S. The molecule has 2 aromatic heterocycles. The molecule has 2 aliphatic heterocycles. The van der Waals surface area contributed by atoms with Crippen LogP contribution in [0.4, 0.5) is 5.82 Å². The average molecular weight is 434 g/mol. The number of hydrogen-bond acceptors (Lipinski definition) is 6. The van der Waals surface area contributed by atoms with Gasteiger partial charge in [-0.15, -0.1) is 0 Å². The summed E-state index contributed by atoms with van der Waals surface area (Å²) >= 11 is 0. The Balaban J connectivity index is 1.52. The Morgan fingerprint density at radius 3 is 2.57 bits per heavy atom. The van der Waals surface area contributed by atoms with Gasteiger partial charge in [0.05, 0.1) is 11.4 Å². The van der Waals surface area contributed by atoms with Crippen molar-refractivity contribution in [3.05, 3.63) is 23.0 Å². The van der Waals surface area contributed by atoms with Crippen LogP contribution in [0, 0.1) is 0 Å². The second-order valence-corrected chi connectivity index (χ2v) is 10.8. The molecule has 1 aliphatic carbocycles. The Morgan fingerprint density at radius 2 is 1.83 bits per heavy atom. The fourth-order valence-electron chi connectivity index (χ4n) is 5.02. The van der Waals surface area contributed by atoms with E-state index in [4.69, 9.17) is 14.8 Å². The minimum Gasteiger partial charge on any atom is -0.381 e. The lowest BCUT2D eigenvalue weighted by molar-refractivity contribution is 0.0844. The third kappa shape index (κ3) is 3.61. The highest BCUT2D eigenvalue weighted by atomic mass is 32.2. The topological polar surface area (TPSA) is 80.0 Å². The molecule has 0 aromatic carbocycles. The molecule has 9 heteroatoms. The predicted molar refractivity (Wildman–Crippen MR) is 116 cm³/mol. The van der Waals surface area contributed by atoms with Crippen molar-refractivity contribution < 1.29 is 13.2 Å². The van der Waals surface area contributed by atoms with Gasteiger partial charge in [-0.2, -0.15) is 13.9 Å². The zero-order valence-electron chi connectivity index (χ0n) is 17.7. The van der Waals surface area contributed by atoms with Gasteiger partial charge < -0.3 is 9.64 Å². The number of anilines is 1. The summed E-state index contributed by atoms with van der Waals surface area (Å²) in [5.74, 6) is 1.73. The second kappa shape index (κ2) is 8.09. The number of piperazine rings is 1. The first-order valence-electron chi connectivity index (χ1n) is 11.3. The highest BCUT2D eigenvalue weighted by Crippen LogP contribution is 2.33. The van der Waals surface area contributed by atoms with Crippen LogP contribution in [0.25, 0.3) is 5.65 Å². The zero-order chi connectivity index (χ0) is 20.7. The minimum atomic E-state index is -3.14. The molecule has 3 aliphatic rings. The first-order valence-corrected chi connectivity index (χ1v) is 12.9. The van der Waals surface area contributed by atoms with Crippen molar-refractivity contribution in [2.45, 2.75) is 51.4 Å². The maximum absolute atomic E-state index is 12.3. The summed E-state index contributed by atoms with van der Waals surface area (Å²) in [5.41, 5.74) is 4.55. The smallest absolute Gasteiger partial charge is 0.213 e. The normalized spacial score (nSPS) is 21.8. The number of fused-ring (bicyclic) bond motifs is 2. The number of aromatic nitrogens is 3. The summed E-state index contributed by atoms with van der Waals surface area (Å²) in [6.45, 7) is 5.75. The lowest BCUT2D eigenvalue weighted by Crippen LogP contribution is -2.50. The van der Waals surface area contributed by atoms with E-state index in [0.717, 1.165) is 56.1 Å². The van der Waals surface area contributed by atoms with E-state index in [9.17, 15) is 8.42 Å². The summed E-state index contributed by atoms with van der Waals surface area (Å²) in [5, 5.41) is 5.03. The Bertz CT molecular complexity index is 1020. The third-order valence-corrected chi connectivity index (χ3v) is 8.69. The molecule has 0 bridgehead atoms. The fourth-order valence-corrected chi connectivity index (χ4v) is 6.11. The van der Waals surface area contributed by atoms with Gasteiger partial charge in [-0.3, -0.25) is 0 Å². The minimum absolute atomic E-state index is 0.162. The molecule has 0 unspecified atom stereocenters. The van der Waals surface area contributed by atoms with Gasteiger partial charge in [0.25, 0.3) is 0 Å². The number of ether oxygens (including phenoxy) is 1. The molecule has 164 valence electrons. The van der Waals surface area contributed by atoms with Crippen LogP contribution in [0.1, 0.15) is 55.5 Å². The first kappa shape index (κ1) is 20.2. The molecule has 8 nitrogen and oxygen atoms in total. The maximum Gasteiger partial charge on any atom is 0.213 e. The van der Waals surface area contributed by atoms with Gasteiger partial charge >= 0.3 is 0 Å². The summed E-state index contributed by atoms with van der Waals surface area (Å²) in [6, 6.07) is 2.16. The highest BCUT2D eigenvalue weighted by molar-refractivity contribution is 7.89. The molecule has 0 saturated carbocycles. The van der Waals surface area contributed by atoms with Crippen molar-refractivity contribution in [2.24, 2.45) is 0 Å². The van der Waals surface area contributed by atoms with E-state index in [1.54, 1.807) is 11.2 Å². The number of rotatable bonds is 4. The molecule has 0 amide bonds. The van der Waals surface area contributed by atoms with Gasteiger partial charge in [-0.25, -0.2) is 13.4 Å². The van der Waals surface area contributed by atoms with Crippen LogP contribution in [-0.4, -0.2) is 72.5 Å². The molecule has 30 heavy (non-hydrogen) atoms. The molecule has 0 atom stereocenters. The zero-order valence-corrected chi connectivity index (χ0v) is 18.5. The highest BCUT2D eigenvalue weighted by Gasteiger charge is 2.30. The van der Waals surface area contributed by atoms with Gasteiger partial charge in [-0.1, -0.05) is 0 Å². The monoisotopic (exact) mass is 433 g/mol. The maximum atomic E-state index is 12.3. The van der Waals surface area contributed by atoms with E-state index in [1.807, 2.05) is 4.52 Å². The van der Waals surface area contributed by atoms with E-state index >= 15 is 0 Å². The SMILES string of the molecule is CCS(=O)(=O)N1CCN(c2c3c(nc4cc(C5CCOCC5)nn24)CCCC3)CC1. The van der Waals surface area contributed by atoms with Crippen LogP contribution in [0.15, 0.2) is 6.07 Å². The molecule has 2 fully saturated rings. The molecule has 2 saturated heterocycles. The van der Waals surface area contributed by atoms with Gasteiger partial charge in [0, 0.05) is 62.6 Å². The van der Waals surface area contributed by atoms with E-state index < -0.39 is 10.0 Å². The van der Waals surface area contributed by atoms with Gasteiger partial charge in [0.2, 0.25) is 10.0 Å². The number of hydrogen-bond donors (Lipinski definition) is 0. The van der Waals surface area contributed by atoms with Crippen LogP contribution in [0.2, 0.25) is 0 Å². The molecular weight excluding hydrogens is 402 g/mol. The van der Waals surface area contributed by atoms with Crippen molar-refractivity contribution >= 4 is 21.5 Å². The molecule has 4 heterocycles. The molecule has 0 N–H and O–H groups in total. The Hall–Kier alpha value is -1.71. The van der Waals surface area contributed by atoms with Crippen LogP contribution >= 0.6 is 0 Å². The fraction of sp³-hybridized carbons (Fsp3) is 0.714. The van der Waals surface area contributed by atoms with E-state index in [2.05, 4.69) is 11.0 Å². The summed E-state index contributed by atoms with van der Waals surface area (Å²) in [6.07, 6.45) is 6.40. The second-order valence-electron chi connectivity index (χ2n) is 8.58. The van der Waals surface area contributed by atoms with Crippen LogP contribution in [0.5, 0.6) is 0 Å². The summed E-state index contributed by atoms with van der Waals surface area (Å²) in [4.78, 5) is 7.33. The largest absolute Gasteiger partial charge is 0.381 e. The van der Waals surface area contributed by atoms with Crippen molar-refractivity contribution in [3.63, 3.8) is 0 Å². The number of sulfonamides is 1. The van der Waals surface area contributed by atoms with E-state index in [1.165, 1.54) is 24.1 Å². The van der Waals surface area contributed by atoms with Crippen molar-refractivity contribution in [3.8, 4) is 0 Å². The Labute approximate surface area is 178 Å². The average Bonchev–Trinajstić information content (AvgIpc) is 3.22. The Morgan fingerprint density at radius 1 is 1.10 bits per heavy atom. The van der Waals surface area contributed by atoms with Gasteiger partial charge in [-0.05, 0) is 45.4 Å². The number of nitrogens with zero attached hydrogens (tertiary/aromatic N) is 5. The van der Waals surface area contributed by atoms with Gasteiger partial charge in [0.1, 0.15) is 5.82 Å². The summed E-state index contributed by atoms with van der Waals surface area (Å²) < 4.78 is 33.8. The third-order valence-electron chi connectivity index (χ3n) is 6.80. The molecule has 5 rings (SSSR count). The molecule has 0 radical (unpaired) electrons. The van der Waals surface area contributed by atoms with Crippen molar-refractivity contribution in [1.29, 1.82) is 0 Å². The van der Waals surface area contributed by atoms with Crippen molar-refractivity contribution in [1.82, 2.24) is 18.9 Å². The van der Waals surface area contributed by atoms with Crippen molar-refractivity contribution in [2.75, 3.05) is 50.0 Å². The summed E-state index contributed by atoms with van der Waals surface area (Å²) in [7, 11) is -3.14. The lowest BCUT2D eigenvalue weighted by atomic mass is 9.95. The first-order chi connectivity index (χ1) is 14.6. The lowest BCUT2D eigenvalue weighted by Gasteiger charge is -2.36. The van der Waals surface area contributed by atoms with Crippen LogP contribution < -0.4 is 4.90 Å². The predicted octanol–water partition coefficient (Wildman–Crippen LogP) is 1.97.